The molecular weight excluding hydrogens is 434 g/mol. The van der Waals surface area contributed by atoms with Crippen LogP contribution < -0.4 is 16.0 Å². The Morgan fingerprint density at radius 3 is 2.52 bits per heavy atom. The van der Waals surface area contributed by atoms with E-state index < -0.39 is 0 Å². The van der Waals surface area contributed by atoms with Crippen LogP contribution in [0, 0.1) is 6.92 Å². The minimum absolute atomic E-state index is 0.586. The summed E-state index contributed by atoms with van der Waals surface area (Å²) < 4.78 is 5.98. The summed E-state index contributed by atoms with van der Waals surface area (Å²) >= 11 is 3.47. The normalized spacial score (nSPS) is 9.59. The maximum absolute atomic E-state index is 8.00. The number of benzene rings is 1. The Labute approximate surface area is 183 Å². The van der Waals surface area contributed by atoms with Gasteiger partial charge < -0.3 is 25.5 Å². The fraction of sp³-hybridized carbons (Fsp3) is 0.476. The number of hydrogen-bond acceptors (Lipinski definition) is 7. The van der Waals surface area contributed by atoms with Crippen LogP contribution in [0.4, 0.5) is 17.5 Å². The molecule has 1 heterocycles. The van der Waals surface area contributed by atoms with Crippen molar-refractivity contribution < 1.29 is 9.53 Å². The second-order valence-corrected chi connectivity index (χ2v) is 7.03. The number of halogens is 1. The Morgan fingerprint density at radius 2 is 1.93 bits per heavy atom. The summed E-state index contributed by atoms with van der Waals surface area (Å²) in [6, 6.07) is 6.36. The first kappa shape index (κ1) is 27.0. The van der Waals surface area contributed by atoms with E-state index in [1.165, 1.54) is 11.1 Å². The first-order chi connectivity index (χ1) is 14.0. The summed E-state index contributed by atoms with van der Waals surface area (Å²) in [6.45, 7) is 7.92. The quantitative estimate of drug-likeness (QED) is 0.472. The second kappa shape index (κ2) is 16.9. The highest BCUT2D eigenvalue weighted by molar-refractivity contribution is 9.10. The van der Waals surface area contributed by atoms with E-state index in [-0.39, 0.29) is 0 Å². The summed E-state index contributed by atoms with van der Waals surface area (Å²) in [6.07, 6.45) is 4.87. The van der Waals surface area contributed by atoms with Crippen molar-refractivity contribution in [3.63, 3.8) is 0 Å². The number of aromatic nitrogens is 2. The first-order valence-electron chi connectivity index (χ1n) is 9.54. The summed E-state index contributed by atoms with van der Waals surface area (Å²) in [5, 5.41) is 9.31. The minimum atomic E-state index is 0.586. The third kappa shape index (κ3) is 10.9. The SMILES string of the molecule is C=O.CCCNc1nc(Nc2ccc(CCCOC)c(C)c2)ncc1Br.CNC. The third-order valence-electron chi connectivity index (χ3n) is 3.68. The molecule has 0 aliphatic heterocycles. The van der Waals surface area contributed by atoms with Crippen LogP contribution in [0.1, 0.15) is 30.9 Å². The van der Waals surface area contributed by atoms with Crippen LogP contribution in [0.15, 0.2) is 28.9 Å². The van der Waals surface area contributed by atoms with Gasteiger partial charge in [0.05, 0.1) is 4.47 Å². The monoisotopic (exact) mass is 467 g/mol. The Hall–Kier alpha value is -2.03. The molecule has 0 amide bonds. The van der Waals surface area contributed by atoms with E-state index in [0.29, 0.717) is 5.95 Å². The Kier molecular flexibility index (Phi) is 15.7. The molecule has 162 valence electrons. The third-order valence-corrected chi connectivity index (χ3v) is 4.26. The first-order valence-corrected chi connectivity index (χ1v) is 10.3. The van der Waals surface area contributed by atoms with Gasteiger partial charge in [-0.3, -0.25) is 0 Å². The molecule has 2 rings (SSSR count). The van der Waals surface area contributed by atoms with Gasteiger partial charge in [0.2, 0.25) is 5.95 Å². The lowest BCUT2D eigenvalue weighted by Gasteiger charge is -2.11. The number of carbonyl (C=O) groups excluding carboxylic acids is 1. The molecular formula is C21H34BrN5O2. The summed E-state index contributed by atoms with van der Waals surface area (Å²) in [5.74, 6) is 1.39. The van der Waals surface area contributed by atoms with Crippen molar-refractivity contribution in [1.82, 2.24) is 15.3 Å². The lowest BCUT2D eigenvalue weighted by atomic mass is 10.0. The van der Waals surface area contributed by atoms with Crippen molar-refractivity contribution >= 4 is 40.2 Å². The van der Waals surface area contributed by atoms with Gasteiger partial charge in [0.25, 0.3) is 0 Å². The minimum Gasteiger partial charge on any atom is -0.385 e. The highest BCUT2D eigenvalue weighted by Crippen LogP contribution is 2.23. The van der Waals surface area contributed by atoms with Gasteiger partial charge in [-0.05, 0) is 79.5 Å². The summed E-state index contributed by atoms with van der Waals surface area (Å²) in [7, 11) is 5.49. The zero-order chi connectivity index (χ0) is 22.1. The molecule has 29 heavy (non-hydrogen) atoms. The van der Waals surface area contributed by atoms with Gasteiger partial charge in [0.15, 0.2) is 0 Å². The lowest BCUT2D eigenvalue weighted by molar-refractivity contribution is -0.0979. The van der Waals surface area contributed by atoms with Crippen molar-refractivity contribution in [3.05, 3.63) is 40.0 Å². The van der Waals surface area contributed by atoms with E-state index in [4.69, 9.17) is 9.53 Å². The van der Waals surface area contributed by atoms with Crippen LogP contribution >= 0.6 is 15.9 Å². The van der Waals surface area contributed by atoms with Crippen molar-refractivity contribution in [3.8, 4) is 0 Å². The number of ether oxygens (including phenoxy) is 1. The standard InChI is InChI=1S/C18H25BrN4O.C2H7N.CH2O/c1-4-9-20-17-16(19)12-21-18(23-17)22-15-8-7-14(13(2)11-15)6-5-10-24-3;1-3-2;1-2/h7-8,11-12H,4-6,9-10H2,1-3H3,(H2,20,21,22,23);3H,1-2H3;1H2. The van der Waals surface area contributed by atoms with Gasteiger partial charge in [-0.1, -0.05) is 13.0 Å². The Morgan fingerprint density at radius 1 is 1.24 bits per heavy atom. The molecule has 1 aromatic heterocycles. The van der Waals surface area contributed by atoms with E-state index >= 15 is 0 Å². The molecule has 0 aliphatic carbocycles. The number of rotatable bonds is 9. The predicted molar refractivity (Wildman–Crippen MR) is 125 cm³/mol. The number of nitrogens with zero attached hydrogens (tertiary/aromatic N) is 2. The van der Waals surface area contributed by atoms with Crippen LogP contribution in [0.25, 0.3) is 0 Å². The number of hydrogen-bond donors (Lipinski definition) is 3. The lowest BCUT2D eigenvalue weighted by Crippen LogP contribution is -2.06. The van der Waals surface area contributed by atoms with E-state index in [9.17, 15) is 0 Å². The molecule has 0 aliphatic rings. The van der Waals surface area contributed by atoms with E-state index in [2.05, 4.69) is 73.9 Å². The van der Waals surface area contributed by atoms with Gasteiger partial charge in [-0.25, -0.2) is 4.98 Å². The molecule has 0 atom stereocenters. The second-order valence-electron chi connectivity index (χ2n) is 6.18. The number of nitrogens with one attached hydrogen (secondary N) is 3. The average Bonchev–Trinajstić information content (AvgIpc) is 2.72. The molecule has 0 saturated heterocycles. The van der Waals surface area contributed by atoms with Gasteiger partial charge in [0.1, 0.15) is 12.6 Å². The Balaban J connectivity index is 0.00000143. The van der Waals surface area contributed by atoms with Crippen LogP contribution in [-0.4, -0.2) is 51.1 Å². The van der Waals surface area contributed by atoms with Crippen LogP contribution in [-0.2, 0) is 16.0 Å². The highest BCUT2D eigenvalue weighted by atomic mass is 79.9. The van der Waals surface area contributed by atoms with Crippen molar-refractivity contribution in [2.45, 2.75) is 33.1 Å². The molecule has 8 heteroatoms. The molecule has 0 saturated carbocycles. The molecule has 0 unspecified atom stereocenters. The molecule has 0 fully saturated rings. The van der Waals surface area contributed by atoms with E-state index in [1.807, 2.05) is 20.9 Å². The smallest absolute Gasteiger partial charge is 0.229 e. The van der Waals surface area contributed by atoms with Gasteiger partial charge >= 0.3 is 0 Å². The molecule has 0 spiro atoms. The predicted octanol–water partition coefficient (Wildman–Crippen LogP) is 4.34. The number of aryl methyl sites for hydroxylation is 2. The molecule has 0 bridgehead atoms. The van der Waals surface area contributed by atoms with Crippen LogP contribution in [0.5, 0.6) is 0 Å². The molecule has 2 aromatic rings. The summed E-state index contributed by atoms with van der Waals surface area (Å²) in [5.41, 5.74) is 3.60. The fourth-order valence-electron chi connectivity index (χ4n) is 2.38. The fourth-order valence-corrected chi connectivity index (χ4v) is 2.72. The Bertz CT molecular complexity index is 701. The maximum atomic E-state index is 8.00. The average molecular weight is 468 g/mol. The highest BCUT2D eigenvalue weighted by Gasteiger charge is 2.06. The number of methoxy groups -OCH3 is 1. The molecule has 7 nitrogen and oxygen atoms in total. The van der Waals surface area contributed by atoms with Gasteiger partial charge in [-0.15, -0.1) is 0 Å². The van der Waals surface area contributed by atoms with Crippen molar-refractivity contribution in [2.75, 3.05) is 45.0 Å². The van der Waals surface area contributed by atoms with Gasteiger partial charge in [-0.2, -0.15) is 4.98 Å². The zero-order valence-electron chi connectivity index (χ0n) is 18.1. The topological polar surface area (TPSA) is 88.2 Å². The number of anilines is 3. The maximum Gasteiger partial charge on any atom is 0.229 e. The van der Waals surface area contributed by atoms with Crippen molar-refractivity contribution in [1.29, 1.82) is 0 Å². The van der Waals surface area contributed by atoms with Crippen LogP contribution in [0.3, 0.4) is 0 Å². The van der Waals surface area contributed by atoms with Gasteiger partial charge in [0, 0.05) is 32.1 Å². The number of carbonyl (C=O) groups is 1. The molecule has 0 radical (unpaired) electrons. The summed E-state index contributed by atoms with van der Waals surface area (Å²) in [4.78, 5) is 16.9. The van der Waals surface area contributed by atoms with E-state index in [0.717, 1.165) is 48.4 Å². The molecule has 3 N–H and O–H groups in total. The largest absolute Gasteiger partial charge is 0.385 e. The molecule has 1 aromatic carbocycles. The van der Waals surface area contributed by atoms with Crippen LogP contribution in [0.2, 0.25) is 0 Å². The zero-order valence-corrected chi connectivity index (χ0v) is 19.7. The van der Waals surface area contributed by atoms with Crippen molar-refractivity contribution in [2.24, 2.45) is 0 Å². The van der Waals surface area contributed by atoms with E-state index in [1.54, 1.807) is 13.3 Å².